The number of aliphatic hydroxyl groups is 1. The summed E-state index contributed by atoms with van der Waals surface area (Å²) in [5.74, 6) is 0. The number of pyridine rings is 1. The van der Waals surface area contributed by atoms with Crippen LogP contribution in [0.3, 0.4) is 0 Å². The lowest BCUT2D eigenvalue weighted by Gasteiger charge is -2.05. The van der Waals surface area contributed by atoms with Gasteiger partial charge >= 0.3 is 0 Å². The van der Waals surface area contributed by atoms with Crippen molar-refractivity contribution in [3.8, 4) is 0 Å². The molecule has 0 spiro atoms. The summed E-state index contributed by atoms with van der Waals surface area (Å²) in [5.41, 5.74) is 2.92. The Kier molecular flexibility index (Phi) is 3.54. The van der Waals surface area contributed by atoms with Gasteiger partial charge in [0, 0.05) is 17.6 Å². The van der Waals surface area contributed by atoms with Gasteiger partial charge in [0.2, 0.25) is 0 Å². The van der Waals surface area contributed by atoms with E-state index in [0.717, 1.165) is 21.8 Å². The first kappa shape index (κ1) is 11.1. The molecule has 1 aromatic carbocycles. The molecule has 16 heavy (non-hydrogen) atoms. The Morgan fingerprint density at radius 1 is 1.12 bits per heavy atom. The third-order valence-corrected chi connectivity index (χ3v) is 2.69. The maximum atomic E-state index is 9.18. The highest BCUT2D eigenvalue weighted by Crippen LogP contribution is 2.14. The summed E-state index contributed by atoms with van der Waals surface area (Å²) in [6.45, 7) is 0.0246. The third-order valence-electron chi connectivity index (χ3n) is 2.44. The molecule has 2 nitrogen and oxygen atoms in total. The van der Waals surface area contributed by atoms with Crippen molar-refractivity contribution in [1.29, 1.82) is 0 Å². The highest BCUT2D eigenvalue weighted by Gasteiger charge is 2.03. The zero-order chi connectivity index (χ0) is 11.4. The number of rotatable bonds is 3. The summed E-state index contributed by atoms with van der Waals surface area (Å²) in [7, 11) is 0. The molecule has 1 heterocycles. The Morgan fingerprint density at radius 2 is 1.88 bits per heavy atom. The van der Waals surface area contributed by atoms with Gasteiger partial charge < -0.3 is 5.11 Å². The summed E-state index contributed by atoms with van der Waals surface area (Å²) in [5, 5.41) is 9.91. The Balaban J connectivity index is 2.23. The van der Waals surface area contributed by atoms with Crippen molar-refractivity contribution in [2.75, 3.05) is 0 Å². The topological polar surface area (TPSA) is 33.1 Å². The van der Waals surface area contributed by atoms with E-state index in [1.54, 1.807) is 6.20 Å². The molecule has 1 N–H and O–H groups in total. The first-order valence-electron chi connectivity index (χ1n) is 5.07. The van der Waals surface area contributed by atoms with Gasteiger partial charge in [-0.3, -0.25) is 4.98 Å². The average Bonchev–Trinajstić information content (AvgIpc) is 2.33. The molecular weight excluding hydrogens is 222 g/mol. The maximum absolute atomic E-state index is 9.18. The van der Waals surface area contributed by atoms with Crippen LogP contribution in [0.4, 0.5) is 0 Å². The van der Waals surface area contributed by atoms with E-state index in [9.17, 15) is 5.11 Å². The van der Waals surface area contributed by atoms with Gasteiger partial charge in [0.25, 0.3) is 0 Å². The van der Waals surface area contributed by atoms with Crippen LogP contribution in [0, 0.1) is 0 Å². The second-order valence-electron chi connectivity index (χ2n) is 3.57. The van der Waals surface area contributed by atoms with E-state index in [4.69, 9.17) is 11.6 Å². The van der Waals surface area contributed by atoms with E-state index in [1.807, 2.05) is 36.4 Å². The Hall–Kier alpha value is -1.38. The van der Waals surface area contributed by atoms with Crippen molar-refractivity contribution < 1.29 is 5.11 Å². The molecular formula is C13H12ClNO. The smallest absolute Gasteiger partial charge is 0.0699 e. The molecule has 2 rings (SSSR count). The number of halogens is 1. The number of benzene rings is 1. The molecule has 0 bridgehead atoms. The number of hydrogen-bond acceptors (Lipinski definition) is 2. The van der Waals surface area contributed by atoms with Gasteiger partial charge in [-0.2, -0.15) is 0 Å². The highest BCUT2D eigenvalue weighted by molar-refractivity contribution is 6.30. The van der Waals surface area contributed by atoms with E-state index in [-0.39, 0.29) is 6.61 Å². The summed E-state index contributed by atoms with van der Waals surface area (Å²) in [6.07, 6.45) is 2.46. The van der Waals surface area contributed by atoms with E-state index < -0.39 is 0 Å². The van der Waals surface area contributed by atoms with Crippen LogP contribution in [-0.4, -0.2) is 10.1 Å². The van der Waals surface area contributed by atoms with Crippen molar-refractivity contribution in [3.63, 3.8) is 0 Å². The van der Waals surface area contributed by atoms with Gasteiger partial charge in [0.05, 0.1) is 12.3 Å². The predicted molar refractivity (Wildman–Crippen MR) is 64.4 cm³/mol. The van der Waals surface area contributed by atoms with Gasteiger partial charge in [-0.1, -0.05) is 29.8 Å². The molecule has 0 radical (unpaired) electrons. The van der Waals surface area contributed by atoms with Crippen LogP contribution in [0.15, 0.2) is 42.6 Å². The quantitative estimate of drug-likeness (QED) is 0.885. The minimum atomic E-state index is 0.0246. The SMILES string of the molecule is OCc1cccnc1Cc1ccc(Cl)cc1. The fraction of sp³-hybridized carbons (Fsp3) is 0.154. The first-order chi connectivity index (χ1) is 7.79. The van der Waals surface area contributed by atoms with Crippen LogP contribution < -0.4 is 0 Å². The fourth-order valence-electron chi connectivity index (χ4n) is 1.57. The van der Waals surface area contributed by atoms with Crippen molar-refractivity contribution >= 4 is 11.6 Å². The second kappa shape index (κ2) is 5.10. The van der Waals surface area contributed by atoms with Gasteiger partial charge in [-0.05, 0) is 29.3 Å². The molecule has 82 valence electrons. The van der Waals surface area contributed by atoms with Crippen molar-refractivity contribution in [2.24, 2.45) is 0 Å². The lowest BCUT2D eigenvalue weighted by Crippen LogP contribution is -1.98. The normalized spacial score (nSPS) is 10.4. The van der Waals surface area contributed by atoms with Crippen molar-refractivity contribution in [1.82, 2.24) is 4.98 Å². The van der Waals surface area contributed by atoms with Crippen LogP contribution in [0.25, 0.3) is 0 Å². The van der Waals surface area contributed by atoms with Crippen molar-refractivity contribution in [3.05, 3.63) is 64.4 Å². The van der Waals surface area contributed by atoms with Crippen LogP contribution in [0.1, 0.15) is 16.8 Å². The number of aromatic nitrogens is 1. The van der Waals surface area contributed by atoms with Crippen molar-refractivity contribution in [2.45, 2.75) is 13.0 Å². The third kappa shape index (κ3) is 2.60. The maximum Gasteiger partial charge on any atom is 0.0699 e. The zero-order valence-corrected chi connectivity index (χ0v) is 9.48. The molecule has 1 aromatic heterocycles. The molecule has 0 aliphatic heterocycles. The fourth-order valence-corrected chi connectivity index (χ4v) is 1.70. The number of aliphatic hydroxyl groups excluding tert-OH is 1. The van der Waals surface area contributed by atoms with E-state index >= 15 is 0 Å². The minimum absolute atomic E-state index is 0.0246. The Morgan fingerprint density at radius 3 is 2.56 bits per heavy atom. The first-order valence-corrected chi connectivity index (χ1v) is 5.45. The van der Waals surface area contributed by atoms with E-state index in [2.05, 4.69) is 4.98 Å². The zero-order valence-electron chi connectivity index (χ0n) is 8.73. The van der Waals surface area contributed by atoms with Crippen LogP contribution in [0.5, 0.6) is 0 Å². The molecule has 0 aliphatic carbocycles. The Labute approximate surface area is 99.5 Å². The van der Waals surface area contributed by atoms with E-state index in [1.165, 1.54) is 0 Å². The lowest BCUT2D eigenvalue weighted by atomic mass is 10.1. The molecule has 0 saturated heterocycles. The summed E-state index contributed by atoms with van der Waals surface area (Å²) < 4.78 is 0. The standard InChI is InChI=1S/C13H12ClNO/c14-12-5-3-10(4-6-12)8-13-11(9-16)2-1-7-15-13/h1-7,16H,8-9H2. The molecule has 0 unspecified atom stereocenters. The van der Waals surface area contributed by atoms with Gasteiger partial charge in [0.1, 0.15) is 0 Å². The molecule has 0 saturated carbocycles. The molecule has 0 aliphatic rings. The highest BCUT2D eigenvalue weighted by atomic mass is 35.5. The van der Waals surface area contributed by atoms with E-state index in [0.29, 0.717) is 6.42 Å². The number of hydrogen-bond donors (Lipinski definition) is 1. The Bertz CT molecular complexity index is 468. The molecule has 0 atom stereocenters. The lowest BCUT2D eigenvalue weighted by molar-refractivity contribution is 0.280. The predicted octanol–water partition coefficient (Wildman–Crippen LogP) is 2.82. The molecule has 2 aromatic rings. The summed E-state index contributed by atoms with van der Waals surface area (Å²) in [6, 6.07) is 11.4. The monoisotopic (exact) mass is 233 g/mol. The van der Waals surface area contributed by atoms with Crippen LogP contribution in [0.2, 0.25) is 5.02 Å². The van der Waals surface area contributed by atoms with Gasteiger partial charge in [-0.15, -0.1) is 0 Å². The summed E-state index contributed by atoms with van der Waals surface area (Å²) in [4.78, 5) is 4.27. The largest absolute Gasteiger partial charge is 0.392 e. The van der Waals surface area contributed by atoms with Gasteiger partial charge in [-0.25, -0.2) is 0 Å². The molecule has 0 amide bonds. The molecule has 0 fully saturated rings. The second-order valence-corrected chi connectivity index (χ2v) is 4.01. The molecule has 3 heteroatoms. The number of nitrogens with zero attached hydrogens (tertiary/aromatic N) is 1. The van der Waals surface area contributed by atoms with Crippen LogP contribution in [-0.2, 0) is 13.0 Å². The van der Waals surface area contributed by atoms with Crippen LogP contribution >= 0.6 is 11.6 Å². The summed E-state index contributed by atoms with van der Waals surface area (Å²) >= 11 is 5.82. The van der Waals surface area contributed by atoms with Gasteiger partial charge in [0.15, 0.2) is 0 Å². The average molecular weight is 234 g/mol. The minimum Gasteiger partial charge on any atom is -0.392 e.